The number of aliphatic hydroxyl groups is 1. The van der Waals surface area contributed by atoms with E-state index in [2.05, 4.69) is 24.3 Å². The van der Waals surface area contributed by atoms with Crippen molar-refractivity contribution >= 4 is 0 Å². The molecule has 70 valence electrons. The van der Waals surface area contributed by atoms with E-state index in [4.69, 9.17) is 9.84 Å². The van der Waals surface area contributed by atoms with E-state index >= 15 is 0 Å². The van der Waals surface area contributed by atoms with Gasteiger partial charge >= 0.3 is 0 Å². The zero-order valence-electron chi connectivity index (χ0n) is 7.57. The summed E-state index contributed by atoms with van der Waals surface area (Å²) < 4.78 is 4.77. The topological polar surface area (TPSA) is 29.5 Å². The van der Waals surface area contributed by atoms with E-state index in [1.165, 1.54) is 17.5 Å². The second kappa shape index (κ2) is 3.90. The molecule has 2 aliphatic carbocycles. The molecule has 1 heterocycles. The van der Waals surface area contributed by atoms with Crippen LogP contribution >= 0.6 is 0 Å². The molecular formula is C11H14O2. The largest absolute Gasteiger partial charge is 0.396 e. The maximum Gasteiger partial charge on any atom is 0.0538 e. The summed E-state index contributed by atoms with van der Waals surface area (Å²) in [5.74, 6) is 0.449. The molecule has 0 spiro atoms. The standard InChI is InChI=1S/C7H6.C4H8O2/c1-2-6-4-7(3-1)5-6;5-1-4-2-6-3-4/h1-4H,5H2;4-5H,1-3H2. The highest BCUT2D eigenvalue weighted by Crippen LogP contribution is 2.18. The second-order valence-corrected chi connectivity index (χ2v) is 3.58. The van der Waals surface area contributed by atoms with Crippen molar-refractivity contribution in [3.8, 4) is 0 Å². The SMILES string of the molecule is OCC1COC1.c1cc2cc(c1)C2. The van der Waals surface area contributed by atoms with Crippen LogP contribution < -0.4 is 0 Å². The molecule has 1 N–H and O–H groups in total. The van der Waals surface area contributed by atoms with Crippen molar-refractivity contribution in [2.75, 3.05) is 19.8 Å². The fourth-order valence-corrected chi connectivity index (χ4v) is 1.34. The number of hydrogen-bond acceptors (Lipinski definition) is 2. The fourth-order valence-electron chi connectivity index (χ4n) is 1.34. The molecule has 2 heteroatoms. The molecule has 1 aromatic carbocycles. The van der Waals surface area contributed by atoms with Crippen LogP contribution in [0.25, 0.3) is 0 Å². The average Bonchev–Trinajstić information content (AvgIpc) is 2.03. The molecule has 2 bridgehead atoms. The first-order valence-electron chi connectivity index (χ1n) is 4.65. The summed E-state index contributed by atoms with van der Waals surface area (Å²) in [7, 11) is 0. The monoisotopic (exact) mass is 178 g/mol. The van der Waals surface area contributed by atoms with Gasteiger partial charge in [0.2, 0.25) is 0 Å². The lowest BCUT2D eigenvalue weighted by molar-refractivity contribution is -0.0554. The Morgan fingerprint density at radius 2 is 1.92 bits per heavy atom. The van der Waals surface area contributed by atoms with Gasteiger partial charge in [-0.25, -0.2) is 0 Å². The molecule has 1 aromatic rings. The van der Waals surface area contributed by atoms with Crippen LogP contribution in [0.2, 0.25) is 0 Å². The van der Waals surface area contributed by atoms with E-state index < -0.39 is 0 Å². The van der Waals surface area contributed by atoms with Crippen LogP contribution in [0.4, 0.5) is 0 Å². The first-order valence-corrected chi connectivity index (χ1v) is 4.65. The van der Waals surface area contributed by atoms with Crippen LogP contribution in [0.5, 0.6) is 0 Å². The van der Waals surface area contributed by atoms with Gasteiger partial charge in [0, 0.05) is 5.92 Å². The molecule has 4 rings (SSSR count). The van der Waals surface area contributed by atoms with E-state index in [1.807, 2.05) is 0 Å². The summed E-state index contributed by atoms with van der Waals surface area (Å²) in [4.78, 5) is 0. The molecule has 0 unspecified atom stereocenters. The number of aliphatic hydroxyl groups excluding tert-OH is 1. The van der Waals surface area contributed by atoms with Crippen LogP contribution in [-0.2, 0) is 11.2 Å². The third-order valence-corrected chi connectivity index (χ3v) is 2.36. The third kappa shape index (κ3) is 2.08. The van der Waals surface area contributed by atoms with Crippen molar-refractivity contribution in [2.24, 2.45) is 5.92 Å². The smallest absolute Gasteiger partial charge is 0.0538 e. The van der Waals surface area contributed by atoms with Gasteiger partial charge in [0.1, 0.15) is 0 Å². The Bertz CT molecular complexity index is 252. The summed E-state index contributed by atoms with van der Waals surface area (Å²) in [5, 5.41) is 8.31. The van der Waals surface area contributed by atoms with E-state index in [0.717, 1.165) is 13.2 Å². The molecule has 0 atom stereocenters. The molecule has 0 aromatic heterocycles. The Kier molecular flexibility index (Phi) is 2.62. The number of fused-ring (bicyclic) bond motifs is 2. The van der Waals surface area contributed by atoms with Gasteiger partial charge in [-0.1, -0.05) is 24.3 Å². The highest BCUT2D eigenvalue weighted by molar-refractivity contribution is 5.37. The molecule has 0 radical (unpaired) electrons. The number of ether oxygens (including phenoxy) is 1. The second-order valence-electron chi connectivity index (χ2n) is 3.58. The first-order chi connectivity index (χ1) is 6.38. The summed E-state index contributed by atoms with van der Waals surface area (Å²) in [6, 6.07) is 8.65. The van der Waals surface area contributed by atoms with Crippen molar-refractivity contribution in [3.63, 3.8) is 0 Å². The number of rotatable bonds is 1. The summed E-state index contributed by atoms with van der Waals surface area (Å²) in [5.41, 5.74) is 2.97. The molecule has 1 fully saturated rings. The number of hydrogen-bond donors (Lipinski definition) is 1. The Morgan fingerprint density at radius 1 is 1.31 bits per heavy atom. The van der Waals surface area contributed by atoms with Crippen LogP contribution in [0.1, 0.15) is 11.1 Å². The molecule has 2 nitrogen and oxygen atoms in total. The quantitative estimate of drug-likeness (QED) is 0.711. The minimum Gasteiger partial charge on any atom is -0.396 e. The first kappa shape index (κ1) is 8.73. The summed E-state index contributed by atoms with van der Waals surface area (Å²) >= 11 is 0. The highest BCUT2D eigenvalue weighted by Gasteiger charge is 2.15. The van der Waals surface area contributed by atoms with E-state index in [1.54, 1.807) is 0 Å². The van der Waals surface area contributed by atoms with E-state index in [-0.39, 0.29) is 0 Å². The van der Waals surface area contributed by atoms with Gasteiger partial charge in [0.05, 0.1) is 19.8 Å². The molecule has 0 amide bonds. The van der Waals surface area contributed by atoms with Crippen molar-refractivity contribution < 1.29 is 9.84 Å². The molecular weight excluding hydrogens is 164 g/mol. The van der Waals surface area contributed by atoms with Gasteiger partial charge in [-0.05, 0) is 17.5 Å². The van der Waals surface area contributed by atoms with Crippen LogP contribution in [0.15, 0.2) is 24.3 Å². The lowest BCUT2D eigenvalue weighted by Crippen LogP contribution is -2.30. The highest BCUT2D eigenvalue weighted by atomic mass is 16.5. The lowest BCUT2D eigenvalue weighted by atomic mass is 9.94. The van der Waals surface area contributed by atoms with Crippen molar-refractivity contribution in [3.05, 3.63) is 35.4 Å². The van der Waals surface area contributed by atoms with Gasteiger partial charge in [0.25, 0.3) is 0 Å². The van der Waals surface area contributed by atoms with Crippen molar-refractivity contribution in [1.82, 2.24) is 0 Å². The van der Waals surface area contributed by atoms with Crippen LogP contribution in [0, 0.1) is 5.92 Å². The van der Waals surface area contributed by atoms with Crippen molar-refractivity contribution in [2.45, 2.75) is 6.42 Å². The maximum atomic E-state index is 8.31. The van der Waals surface area contributed by atoms with E-state index in [0.29, 0.717) is 12.5 Å². The Labute approximate surface area is 78.2 Å². The van der Waals surface area contributed by atoms with Crippen LogP contribution in [-0.4, -0.2) is 24.9 Å². The van der Waals surface area contributed by atoms with Crippen molar-refractivity contribution in [1.29, 1.82) is 0 Å². The zero-order chi connectivity index (χ0) is 9.10. The normalized spacial score (nSPS) is 17.9. The fraction of sp³-hybridized carbons (Fsp3) is 0.455. The van der Waals surface area contributed by atoms with Gasteiger partial charge in [-0.15, -0.1) is 0 Å². The Balaban J connectivity index is 0.000000102. The summed E-state index contributed by atoms with van der Waals surface area (Å²) in [6.45, 7) is 1.81. The minimum absolute atomic E-state index is 0.292. The van der Waals surface area contributed by atoms with Gasteiger partial charge < -0.3 is 9.84 Å². The van der Waals surface area contributed by atoms with Gasteiger partial charge in [-0.3, -0.25) is 0 Å². The zero-order valence-corrected chi connectivity index (χ0v) is 7.57. The molecule has 3 aliphatic rings. The molecule has 1 aliphatic heterocycles. The van der Waals surface area contributed by atoms with Gasteiger partial charge in [-0.2, -0.15) is 0 Å². The van der Waals surface area contributed by atoms with E-state index in [9.17, 15) is 0 Å². The molecule has 0 saturated carbocycles. The predicted molar refractivity (Wildman–Crippen MR) is 50.6 cm³/mol. The summed E-state index contributed by atoms with van der Waals surface area (Å²) in [6.07, 6.45) is 1.22. The minimum atomic E-state index is 0.292. The number of benzene rings is 1. The molecule has 13 heavy (non-hydrogen) atoms. The molecule has 1 saturated heterocycles. The lowest BCUT2D eigenvalue weighted by Gasteiger charge is -2.22. The van der Waals surface area contributed by atoms with Crippen LogP contribution in [0.3, 0.4) is 0 Å². The Hall–Kier alpha value is -0.860. The van der Waals surface area contributed by atoms with Gasteiger partial charge in [0.15, 0.2) is 0 Å². The third-order valence-electron chi connectivity index (χ3n) is 2.36. The maximum absolute atomic E-state index is 8.31. The average molecular weight is 178 g/mol. The Morgan fingerprint density at radius 3 is 2.00 bits per heavy atom. The predicted octanol–water partition coefficient (Wildman–Crippen LogP) is 1.22.